The van der Waals surface area contributed by atoms with Gasteiger partial charge in [0.05, 0.1) is 12.2 Å². The van der Waals surface area contributed by atoms with Gasteiger partial charge in [-0.05, 0) is 23.3 Å². The number of hydrogen-bond acceptors (Lipinski definition) is 4. The van der Waals surface area contributed by atoms with E-state index in [-0.39, 0.29) is 11.5 Å². The molecular weight excluding hydrogens is 266 g/mol. The van der Waals surface area contributed by atoms with E-state index in [2.05, 4.69) is 10.3 Å². The van der Waals surface area contributed by atoms with Crippen LogP contribution in [0.25, 0.3) is 0 Å². The summed E-state index contributed by atoms with van der Waals surface area (Å²) < 4.78 is 1.78. The van der Waals surface area contributed by atoms with E-state index in [4.69, 9.17) is 0 Å². The lowest BCUT2D eigenvalue weighted by Gasteiger charge is -2.01. The molecule has 3 aromatic rings. The fraction of sp³-hybridized carbons (Fsp3) is 0.125. The van der Waals surface area contributed by atoms with E-state index in [1.54, 1.807) is 10.7 Å². The Kier molecular flexibility index (Phi) is 3.55. The van der Waals surface area contributed by atoms with Crippen LogP contribution in [0.1, 0.15) is 16.8 Å². The van der Waals surface area contributed by atoms with Crippen LogP contribution in [0.4, 0.5) is 0 Å². The Balaban J connectivity index is 1.71. The fourth-order valence-corrected chi connectivity index (χ4v) is 2.16. The molecule has 5 heteroatoms. The standard InChI is InChI=1S/C16H15N3O2/c20-15-7-6-13(9-16(15)21)8-14-11-19(18-17-14)10-12-4-2-1-3-5-12/h1-7,9,11,20-21H,8,10H2. The highest BCUT2D eigenvalue weighted by Gasteiger charge is 2.05. The van der Waals surface area contributed by atoms with Gasteiger partial charge in [-0.15, -0.1) is 5.10 Å². The second-order valence-electron chi connectivity index (χ2n) is 4.89. The maximum absolute atomic E-state index is 9.49. The molecule has 0 saturated heterocycles. The summed E-state index contributed by atoms with van der Waals surface area (Å²) in [6.45, 7) is 0.675. The van der Waals surface area contributed by atoms with Gasteiger partial charge in [-0.1, -0.05) is 41.6 Å². The Morgan fingerprint density at radius 1 is 0.905 bits per heavy atom. The van der Waals surface area contributed by atoms with Gasteiger partial charge in [0.15, 0.2) is 11.5 Å². The quantitative estimate of drug-likeness (QED) is 0.720. The third-order valence-electron chi connectivity index (χ3n) is 3.20. The van der Waals surface area contributed by atoms with Crippen molar-refractivity contribution in [1.82, 2.24) is 15.0 Å². The summed E-state index contributed by atoms with van der Waals surface area (Å²) in [5.74, 6) is -0.240. The summed E-state index contributed by atoms with van der Waals surface area (Å²) in [5, 5.41) is 27.0. The maximum Gasteiger partial charge on any atom is 0.157 e. The van der Waals surface area contributed by atoms with Crippen LogP contribution in [-0.2, 0) is 13.0 Å². The lowest BCUT2D eigenvalue weighted by Crippen LogP contribution is -1.99. The van der Waals surface area contributed by atoms with Crippen molar-refractivity contribution in [2.75, 3.05) is 0 Å². The summed E-state index contributed by atoms with van der Waals surface area (Å²) >= 11 is 0. The molecule has 0 radical (unpaired) electrons. The van der Waals surface area contributed by atoms with Crippen LogP contribution in [-0.4, -0.2) is 25.2 Å². The zero-order valence-corrected chi connectivity index (χ0v) is 11.3. The van der Waals surface area contributed by atoms with Gasteiger partial charge in [0.1, 0.15) is 0 Å². The molecule has 0 bridgehead atoms. The van der Waals surface area contributed by atoms with E-state index in [1.165, 1.54) is 12.1 Å². The number of aromatic nitrogens is 3. The SMILES string of the molecule is Oc1ccc(Cc2cn(Cc3ccccc3)nn2)cc1O. The summed E-state index contributed by atoms with van der Waals surface area (Å²) in [6.07, 6.45) is 2.44. The smallest absolute Gasteiger partial charge is 0.157 e. The van der Waals surface area contributed by atoms with Crippen LogP contribution in [0.2, 0.25) is 0 Å². The second-order valence-corrected chi connectivity index (χ2v) is 4.89. The topological polar surface area (TPSA) is 71.2 Å². The molecule has 106 valence electrons. The minimum Gasteiger partial charge on any atom is -0.504 e. The van der Waals surface area contributed by atoms with E-state index in [9.17, 15) is 10.2 Å². The number of rotatable bonds is 4. The van der Waals surface area contributed by atoms with Crippen LogP contribution in [0.15, 0.2) is 54.7 Å². The van der Waals surface area contributed by atoms with Gasteiger partial charge in [0, 0.05) is 12.6 Å². The van der Waals surface area contributed by atoms with E-state index in [1.807, 2.05) is 36.5 Å². The van der Waals surface area contributed by atoms with Crippen LogP contribution in [0, 0.1) is 0 Å². The van der Waals surface area contributed by atoms with Crippen molar-refractivity contribution < 1.29 is 10.2 Å². The number of nitrogens with zero attached hydrogens (tertiary/aromatic N) is 3. The molecule has 0 aliphatic rings. The molecule has 2 N–H and O–H groups in total. The van der Waals surface area contributed by atoms with Gasteiger partial charge in [-0.3, -0.25) is 0 Å². The monoisotopic (exact) mass is 281 g/mol. The largest absolute Gasteiger partial charge is 0.504 e. The molecule has 21 heavy (non-hydrogen) atoms. The third kappa shape index (κ3) is 3.20. The number of phenolic OH excluding ortho intramolecular Hbond substituents is 2. The number of phenols is 2. The highest BCUT2D eigenvalue weighted by atomic mass is 16.3. The second kappa shape index (κ2) is 5.66. The number of benzene rings is 2. The highest BCUT2D eigenvalue weighted by molar-refractivity contribution is 5.41. The van der Waals surface area contributed by atoms with Crippen molar-refractivity contribution in [3.05, 3.63) is 71.5 Å². The molecule has 1 heterocycles. The Morgan fingerprint density at radius 2 is 1.71 bits per heavy atom. The van der Waals surface area contributed by atoms with Gasteiger partial charge in [0.2, 0.25) is 0 Å². The fourth-order valence-electron chi connectivity index (χ4n) is 2.16. The summed E-state index contributed by atoms with van der Waals surface area (Å²) in [5.41, 5.74) is 2.85. The van der Waals surface area contributed by atoms with Crippen molar-refractivity contribution in [2.24, 2.45) is 0 Å². The Hall–Kier alpha value is -2.82. The predicted molar refractivity (Wildman–Crippen MR) is 78.1 cm³/mol. The van der Waals surface area contributed by atoms with Crippen molar-refractivity contribution in [3.8, 4) is 11.5 Å². The molecule has 2 aromatic carbocycles. The van der Waals surface area contributed by atoms with Gasteiger partial charge >= 0.3 is 0 Å². The van der Waals surface area contributed by atoms with Crippen LogP contribution < -0.4 is 0 Å². The number of hydrogen-bond donors (Lipinski definition) is 2. The Morgan fingerprint density at radius 3 is 2.48 bits per heavy atom. The van der Waals surface area contributed by atoms with Crippen molar-refractivity contribution in [2.45, 2.75) is 13.0 Å². The Bertz CT molecular complexity index is 738. The first-order chi connectivity index (χ1) is 10.2. The molecule has 0 fully saturated rings. The first kappa shape index (κ1) is 13.2. The van der Waals surface area contributed by atoms with Crippen LogP contribution in [0.3, 0.4) is 0 Å². The molecule has 0 saturated carbocycles. The molecular formula is C16H15N3O2. The molecule has 0 amide bonds. The summed E-state index contributed by atoms with van der Waals surface area (Å²) in [6, 6.07) is 14.8. The molecule has 0 unspecified atom stereocenters. The summed E-state index contributed by atoms with van der Waals surface area (Å²) in [7, 11) is 0. The molecule has 0 spiro atoms. The predicted octanol–water partition coefficient (Wildman–Crippen LogP) is 2.33. The summed E-state index contributed by atoms with van der Waals surface area (Å²) in [4.78, 5) is 0. The first-order valence-electron chi connectivity index (χ1n) is 6.64. The average molecular weight is 281 g/mol. The van der Waals surface area contributed by atoms with Crippen LogP contribution >= 0.6 is 0 Å². The van der Waals surface area contributed by atoms with Crippen LogP contribution in [0.5, 0.6) is 11.5 Å². The van der Waals surface area contributed by atoms with Gasteiger partial charge < -0.3 is 10.2 Å². The molecule has 0 aliphatic carbocycles. The zero-order chi connectivity index (χ0) is 14.7. The molecule has 0 aliphatic heterocycles. The minimum atomic E-state index is -0.121. The van der Waals surface area contributed by atoms with Gasteiger partial charge in [-0.2, -0.15) is 0 Å². The average Bonchev–Trinajstić information content (AvgIpc) is 2.91. The van der Waals surface area contributed by atoms with Crippen molar-refractivity contribution >= 4 is 0 Å². The third-order valence-corrected chi connectivity index (χ3v) is 3.20. The Labute approximate surface area is 122 Å². The van der Waals surface area contributed by atoms with E-state index in [0.29, 0.717) is 13.0 Å². The lowest BCUT2D eigenvalue weighted by atomic mass is 10.1. The van der Waals surface area contributed by atoms with Crippen molar-refractivity contribution in [1.29, 1.82) is 0 Å². The highest BCUT2D eigenvalue weighted by Crippen LogP contribution is 2.25. The minimum absolute atomic E-state index is 0.119. The van der Waals surface area contributed by atoms with E-state index < -0.39 is 0 Å². The first-order valence-corrected chi connectivity index (χ1v) is 6.64. The van der Waals surface area contributed by atoms with Gasteiger partial charge in [0.25, 0.3) is 0 Å². The van der Waals surface area contributed by atoms with E-state index in [0.717, 1.165) is 16.8 Å². The number of aromatic hydroxyl groups is 2. The molecule has 3 rings (SSSR count). The van der Waals surface area contributed by atoms with Gasteiger partial charge in [-0.25, -0.2) is 4.68 Å². The normalized spacial score (nSPS) is 10.7. The van der Waals surface area contributed by atoms with E-state index >= 15 is 0 Å². The van der Waals surface area contributed by atoms with Crippen molar-refractivity contribution in [3.63, 3.8) is 0 Å². The molecule has 0 atom stereocenters. The zero-order valence-electron chi connectivity index (χ0n) is 11.3. The maximum atomic E-state index is 9.49. The lowest BCUT2D eigenvalue weighted by molar-refractivity contribution is 0.403. The molecule has 5 nitrogen and oxygen atoms in total. The molecule has 1 aromatic heterocycles.